The third-order valence-corrected chi connectivity index (χ3v) is 2.85. The van der Waals surface area contributed by atoms with Crippen LogP contribution in [0.2, 0.25) is 5.02 Å². The molecule has 80 valence electrons. The summed E-state index contributed by atoms with van der Waals surface area (Å²) in [5.74, 6) is 0.00631. The Morgan fingerprint density at radius 3 is 3.00 bits per heavy atom. The maximum atomic E-state index is 11.1. The predicted molar refractivity (Wildman–Crippen MR) is 59.3 cm³/mol. The lowest BCUT2D eigenvalue weighted by molar-refractivity contribution is -0.115. The van der Waals surface area contributed by atoms with Gasteiger partial charge in [0, 0.05) is 10.7 Å². The van der Waals surface area contributed by atoms with Crippen molar-refractivity contribution in [3.8, 4) is 0 Å². The van der Waals surface area contributed by atoms with Gasteiger partial charge in [-0.15, -0.1) is 0 Å². The van der Waals surface area contributed by atoms with E-state index in [2.05, 4.69) is 9.61 Å². The number of anilines is 1. The fourth-order valence-electron chi connectivity index (χ4n) is 1.64. The number of nitrogens with one attached hydrogen (secondary N) is 1. The Hall–Kier alpha value is -0.770. The molecule has 0 aromatic heterocycles. The van der Waals surface area contributed by atoms with Crippen LogP contribution in [0.1, 0.15) is 11.1 Å². The van der Waals surface area contributed by atoms with Gasteiger partial charge in [-0.05, 0) is 23.6 Å². The molecule has 0 unspecified atom stereocenters. The SMILES string of the molecule is O=C1Cc2cc(CCOCl)c(Cl)cc2N1. The predicted octanol–water partition coefficient (Wildman–Crippen LogP) is 2.55. The Morgan fingerprint density at radius 2 is 2.27 bits per heavy atom. The lowest BCUT2D eigenvalue weighted by atomic mass is 10.1. The van der Waals surface area contributed by atoms with Gasteiger partial charge < -0.3 is 5.32 Å². The standard InChI is InChI=1S/C10H9Cl2NO2/c11-8-5-9-7(4-10(14)13-9)3-6(8)1-2-15-12/h3,5H,1-2,4H2,(H,13,14). The second kappa shape index (κ2) is 4.39. The van der Waals surface area contributed by atoms with Gasteiger partial charge in [-0.2, -0.15) is 0 Å². The van der Waals surface area contributed by atoms with Crippen LogP contribution < -0.4 is 5.32 Å². The van der Waals surface area contributed by atoms with Crippen molar-refractivity contribution in [2.75, 3.05) is 11.9 Å². The average Bonchev–Trinajstić information content (AvgIpc) is 2.53. The van der Waals surface area contributed by atoms with Gasteiger partial charge in [0.1, 0.15) is 0 Å². The van der Waals surface area contributed by atoms with Gasteiger partial charge in [0.25, 0.3) is 0 Å². The number of hydrogen-bond donors (Lipinski definition) is 1. The van der Waals surface area contributed by atoms with Crippen LogP contribution in [-0.2, 0) is 21.9 Å². The number of rotatable bonds is 3. The molecule has 1 amide bonds. The van der Waals surface area contributed by atoms with Crippen molar-refractivity contribution in [1.29, 1.82) is 0 Å². The van der Waals surface area contributed by atoms with Gasteiger partial charge in [0.15, 0.2) is 0 Å². The van der Waals surface area contributed by atoms with Crippen LogP contribution in [0.15, 0.2) is 12.1 Å². The van der Waals surface area contributed by atoms with Crippen LogP contribution in [0.5, 0.6) is 0 Å². The van der Waals surface area contributed by atoms with Crippen molar-refractivity contribution >= 4 is 35.1 Å². The van der Waals surface area contributed by atoms with E-state index in [9.17, 15) is 4.79 Å². The van der Waals surface area contributed by atoms with E-state index in [1.165, 1.54) is 0 Å². The number of hydrogen-bond acceptors (Lipinski definition) is 2. The molecule has 3 nitrogen and oxygen atoms in total. The molecule has 0 radical (unpaired) electrons. The number of amides is 1. The van der Waals surface area contributed by atoms with E-state index in [0.29, 0.717) is 24.5 Å². The molecule has 0 spiro atoms. The van der Waals surface area contributed by atoms with Gasteiger partial charge in [-0.1, -0.05) is 17.7 Å². The van der Waals surface area contributed by atoms with Gasteiger partial charge in [0.05, 0.1) is 24.9 Å². The van der Waals surface area contributed by atoms with E-state index in [0.717, 1.165) is 16.8 Å². The van der Waals surface area contributed by atoms with Crippen LogP contribution in [-0.4, -0.2) is 12.5 Å². The number of carbonyl (C=O) groups excluding carboxylic acids is 1. The summed E-state index contributed by atoms with van der Waals surface area (Å²) in [7, 11) is 0. The Kier molecular flexibility index (Phi) is 3.14. The first kappa shape index (κ1) is 10.7. The molecule has 15 heavy (non-hydrogen) atoms. The molecular formula is C10H9Cl2NO2. The van der Waals surface area contributed by atoms with Crippen LogP contribution in [0, 0.1) is 0 Å². The van der Waals surface area contributed by atoms with Gasteiger partial charge >= 0.3 is 0 Å². The van der Waals surface area contributed by atoms with Crippen molar-refractivity contribution in [2.24, 2.45) is 0 Å². The number of benzene rings is 1. The quantitative estimate of drug-likeness (QED) is 0.889. The molecule has 1 heterocycles. The number of fused-ring (bicyclic) bond motifs is 1. The summed E-state index contributed by atoms with van der Waals surface area (Å²) in [5, 5.41) is 3.37. The summed E-state index contributed by atoms with van der Waals surface area (Å²) in [6.45, 7) is 0.404. The minimum Gasteiger partial charge on any atom is -0.325 e. The highest BCUT2D eigenvalue weighted by Crippen LogP contribution is 2.29. The molecule has 0 aliphatic carbocycles. The highest BCUT2D eigenvalue weighted by Gasteiger charge is 2.19. The molecule has 5 heteroatoms. The molecule has 1 aliphatic rings. The maximum Gasteiger partial charge on any atom is 0.228 e. The summed E-state index contributed by atoms with van der Waals surface area (Å²) >= 11 is 11.2. The summed E-state index contributed by atoms with van der Waals surface area (Å²) in [6.07, 6.45) is 1.06. The van der Waals surface area contributed by atoms with Gasteiger partial charge in [-0.3, -0.25) is 9.08 Å². The smallest absolute Gasteiger partial charge is 0.228 e. The maximum absolute atomic E-state index is 11.1. The van der Waals surface area contributed by atoms with Crippen molar-refractivity contribution in [3.05, 3.63) is 28.3 Å². The molecule has 0 saturated heterocycles. The summed E-state index contributed by atoms with van der Waals surface area (Å²) in [5.41, 5.74) is 2.74. The normalized spacial score (nSPS) is 13.9. The lowest BCUT2D eigenvalue weighted by Gasteiger charge is -2.06. The lowest BCUT2D eigenvalue weighted by Crippen LogP contribution is -2.03. The van der Waals surface area contributed by atoms with Crippen LogP contribution in [0.4, 0.5) is 5.69 Å². The first-order chi connectivity index (χ1) is 7.20. The summed E-state index contributed by atoms with van der Waals surface area (Å²) < 4.78 is 4.47. The molecule has 0 bridgehead atoms. The van der Waals surface area contributed by atoms with Crippen molar-refractivity contribution in [1.82, 2.24) is 0 Å². The van der Waals surface area contributed by atoms with Crippen LogP contribution >= 0.6 is 23.5 Å². The fourth-order valence-corrected chi connectivity index (χ4v) is 1.97. The molecule has 0 fully saturated rings. The zero-order valence-electron chi connectivity index (χ0n) is 7.85. The van der Waals surface area contributed by atoms with Crippen molar-refractivity contribution < 1.29 is 9.08 Å². The Labute approximate surface area is 97.5 Å². The van der Waals surface area contributed by atoms with Crippen molar-refractivity contribution in [2.45, 2.75) is 12.8 Å². The highest BCUT2D eigenvalue weighted by atomic mass is 35.5. The third-order valence-electron chi connectivity index (χ3n) is 2.35. The topological polar surface area (TPSA) is 38.3 Å². The molecule has 1 aromatic carbocycles. The minimum atomic E-state index is 0.00631. The minimum absolute atomic E-state index is 0.00631. The molecule has 2 rings (SSSR count). The Balaban J connectivity index is 2.27. The van der Waals surface area contributed by atoms with Crippen LogP contribution in [0.3, 0.4) is 0 Å². The second-order valence-corrected chi connectivity index (χ2v) is 4.01. The molecule has 0 saturated carbocycles. The average molecular weight is 246 g/mol. The summed E-state index contributed by atoms with van der Waals surface area (Å²) in [6, 6.07) is 3.69. The van der Waals surface area contributed by atoms with E-state index in [-0.39, 0.29) is 5.91 Å². The molecular weight excluding hydrogens is 237 g/mol. The van der Waals surface area contributed by atoms with Gasteiger partial charge in [0.2, 0.25) is 5.91 Å². The molecule has 1 N–H and O–H groups in total. The van der Waals surface area contributed by atoms with E-state index in [1.54, 1.807) is 6.07 Å². The number of carbonyl (C=O) groups is 1. The second-order valence-electron chi connectivity index (χ2n) is 3.39. The first-order valence-corrected chi connectivity index (χ1v) is 5.24. The molecule has 0 atom stereocenters. The first-order valence-electron chi connectivity index (χ1n) is 4.55. The third kappa shape index (κ3) is 2.25. The largest absolute Gasteiger partial charge is 0.325 e. The monoisotopic (exact) mass is 245 g/mol. The Morgan fingerprint density at radius 1 is 1.47 bits per heavy atom. The van der Waals surface area contributed by atoms with Gasteiger partial charge in [-0.25, -0.2) is 0 Å². The summed E-state index contributed by atoms with van der Waals surface area (Å²) in [4.78, 5) is 11.1. The van der Waals surface area contributed by atoms with Crippen molar-refractivity contribution in [3.63, 3.8) is 0 Å². The molecule has 1 aromatic rings. The zero-order chi connectivity index (χ0) is 10.8. The number of halogens is 2. The zero-order valence-corrected chi connectivity index (χ0v) is 9.36. The Bertz CT molecular complexity index is 407. The van der Waals surface area contributed by atoms with E-state index in [4.69, 9.17) is 23.5 Å². The van der Waals surface area contributed by atoms with E-state index >= 15 is 0 Å². The van der Waals surface area contributed by atoms with E-state index in [1.807, 2.05) is 6.07 Å². The van der Waals surface area contributed by atoms with Crippen LogP contribution in [0.25, 0.3) is 0 Å². The molecule has 1 aliphatic heterocycles. The highest BCUT2D eigenvalue weighted by molar-refractivity contribution is 6.31. The fraction of sp³-hybridized carbons (Fsp3) is 0.300. The van der Waals surface area contributed by atoms with E-state index < -0.39 is 0 Å².